The van der Waals surface area contributed by atoms with Crippen LogP contribution in [0.3, 0.4) is 0 Å². The van der Waals surface area contributed by atoms with Gasteiger partial charge in [0.05, 0.1) is 33.8 Å². The van der Waals surface area contributed by atoms with Crippen molar-refractivity contribution in [2.24, 2.45) is 0 Å². The van der Waals surface area contributed by atoms with E-state index >= 15 is 0 Å². The molecule has 4 heteroatoms. The number of para-hydroxylation sites is 3. The van der Waals surface area contributed by atoms with Crippen LogP contribution in [0.25, 0.3) is 72.5 Å². The van der Waals surface area contributed by atoms with Crippen LogP contribution >= 0.6 is 0 Å². The second-order valence-corrected chi connectivity index (χ2v) is 14.5. The predicted molar refractivity (Wildman–Crippen MR) is 231 cm³/mol. The summed E-state index contributed by atoms with van der Waals surface area (Å²) < 4.78 is 2.43. The van der Waals surface area contributed by atoms with Gasteiger partial charge in [0.25, 0.3) is 0 Å². The average molecular weight is 711 g/mol. The maximum atomic E-state index is 5.39. The van der Waals surface area contributed by atoms with Gasteiger partial charge in [-0.25, -0.2) is 9.97 Å². The van der Waals surface area contributed by atoms with E-state index < -0.39 is 0 Å². The second-order valence-electron chi connectivity index (χ2n) is 14.5. The van der Waals surface area contributed by atoms with E-state index in [4.69, 9.17) is 9.97 Å². The molecule has 0 aliphatic carbocycles. The molecule has 0 atom stereocenters. The average Bonchev–Trinajstić information content (AvgIpc) is 3.55. The molecule has 0 fully saturated rings. The lowest BCUT2D eigenvalue weighted by molar-refractivity contribution is 0.787. The predicted octanol–water partition coefficient (Wildman–Crippen LogP) is 13.4. The quantitative estimate of drug-likeness (QED) is 0.157. The zero-order chi connectivity index (χ0) is 37.5. The Bertz CT molecular complexity index is 2760. The van der Waals surface area contributed by atoms with Gasteiger partial charge in [-0.15, -0.1) is 0 Å². The van der Waals surface area contributed by atoms with Crippen LogP contribution in [-0.2, 0) is 0 Å². The molecule has 0 saturated heterocycles. The zero-order valence-corrected chi connectivity index (χ0v) is 31.6. The fourth-order valence-electron chi connectivity index (χ4n) is 8.04. The fourth-order valence-corrected chi connectivity index (χ4v) is 8.04. The minimum atomic E-state index is 0.148. The summed E-state index contributed by atoms with van der Waals surface area (Å²) in [7, 11) is 0. The van der Waals surface area contributed by atoms with Crippen LogP contribution in [0.15, 0.2) is 176 Å². The van der Waals surface area contributed by atoms with Crippen molar-refractivity contribution in [3.63, 3.8) is 0 Å². The highest BCUT2D eigenvalue weighted by atomic mass is 15.2. The molecule has 2 heterocycles. The minimum Gasteiger partial charge on any atom is -0.338 e. The molecule has 0 N–H and O–H groups in total. The molecular weight excluding hydrogens is 669 g/mol. The highest BCUT2D eigenvalue weighted by Gasteiger charge is 2.26. The molecule has 9 aromatic rings. The third-order valence-corrected chi connectivity index (χ3v) is 10.5. The standard InChI is InChI=1S/C51H42N4/c1-34(2)54(45-26-14-11-18-36(45)4)49-29-17-25-41(51-52-43(37-19-7-5-8-20-37)33-44(53-51)38-21-9-6-10-22-38)50(49)40-24-13-16-28-47(40)55-46-27-15-12-23-39(46)42-32-35(3)30-31-48(42)55/h5-34H,1-4H3. The summed E-state index contributed by atoms with van der Waals surface area (Å²) in [5.74, 6) is 0.679. The molecule has 0 amide bonds. The summed E-state index contributed by atoms with van der Waals surface area (Å²) in [6.07, 6.45) is 0. The van der Waals surface area contributed by atoms with Crippen molar-refractivity contribution in [3.8, 4) is 50.7 Å². The van der Waals surface area contributed by atoms with Crippen LogP contribution in [0, 0.1) is 13.8 Å². The van der Waals surface area contributed by atoms with Gasteiger partial charge in [-0.1, -0.05) is 139 Å². The maximum Gasteiger partial charge on any atom is 0.161 e. The molecule has 9 rings (SSSR count). The first-order chi connectivity index (χ1) is 27.0. The van der Waals surface area contributed by atoms with Crippen molar-refractivity contribution in [1.82, 2.24) is 14.5 Å². The van der Waals surface area contributed by atoms with E-state index in [0.717, 1.165) is 50.6 Å². The smallest absolute Gasteiger partial charge is 0.161 e. The monoisotopic (exact) mass is 710 g/mol. The van der Waals surface area contributed by atoms with E-state index in [1.807, 2.05) is 12.1 Å². The lowest BCUT2D eigenvalue weighted by Crippen LogP contribution is -2.27. The maximum absolute atomic E-state index is 5.39. The Balaban J connectivity index is 1.39. The Morgan fingerprint density at radius 2 is 1.07 bits per heavy atom. The zero-order valence-electron chi connectivity index (χ0n) is 31.6. The lowest BCUT2D eigenvalue weighted by atomic mass is 9.93. The number of rotatable bonds is 8. The first kappa shape index (κ1) is 34.0. The number of benzene rings is 7. The summed E-state index contributed by atoms with van der Waals surface area (Å²) in [6.45, 7) is 8.90. The first-order valence-electron chi connectivity index (χ1n) is 19.0. The molecule has 55 heavy (non-hydrogen) atoms. The van der Waals surface area contributed by atoms with E-state index in [2.05, 4.69) is 201 Å². The molecule has 4 nitrogen and oxygen atoms in total. The number of aryl methyl sites for hydroxylation is 2. The summed E-state index contributed by atoms with van der Waals surface area (Å²) >= 11 is 0. The number of anilines is 2. The van der Waals surface area contributed by atoms with Gasteiger partial charge in [-0.3, -0.25) is 0 Å². The van der Waals surface area contributed by atoms with E-state index in [1.54, 1.807) is 0 Å². The Labute approximate surface area is 323 Å². The van der Waals surface area contributed by atoms with Crippen molar-refractivity contribution in [1.29, 1.82) is 0 Å². The van der Waals surface area contributed by atoms with E-state index in [1.165, 1.54) is 38.6 Å². The van der Waals surface area contributed by atoms with Crippen LogP contribution in [0.5, 0.6) is 0 Å². The van der Waals surface area contributed by atoms with Gasteiger partial charge < -0.3 is 9.47 Å². The van der Waals surface area contributed by atoms with Crippen LogP contribution in [0.4, 0.5) is 11.4 Å². The Morgan fingerprint density at radius 1 is 0.491 bits per heavy atom. The molecule has 7 aromatic carbocycles. The third kappa shape index (κ3) is 6.16. The number of hydrogen-bond acceptors (Lipinski definition) is 3. The normalized spacial score (nSPS) is 11.4. The van der Waals surface area contributed by atoms with Crippen LogP contribution in [0.2, 0.25) is 0 Å². The summed E-state index contributed by atoms with van der Waals surface area (Å²) in [4.78, 5) is 13.2. The van der Waals surface area contributed by atoms with E-state index in [0.29, 0.717) is 5.82 Å². The van der Waals surface area contributed by atoms with Crippen LogP contribution in [0.1, 0.15) is 25.0 Å². The molecular formula is C51H42N4. The number of aromatic nitrogens is 3. The van der Waals surface area contributed by atoms with Gasteiger partial charge in [0.2, 0.25) is 0 Å². The third-order valence-electron chi connectivity index (χ3n) is 10.5. The van der Waals surface area contributed by atoms with Crippen molar-refractivity contribution < 1.29 is 0 Å². The minimum absolute atomic E-state index is 0.148. The lowest BCUT2D eigenvalue weighted by Gasteiger charge is -2.33. The molecule has 0 aliphatic heterocycles. The highest BCUT2D eigenvalue weighted by Crippen LogP contribution is 2.46. The molecule has 0 aliphatic rings. The molecule has 266 valence electrons. The first-order valence-corrected chi connectivity index (χ1v) is 19.0. The van der Waals surface area contributed by atoms with Crippen molar-refractivity contribution >= 4 is 33.2 Å². The summed E-state index contributed by atoms with van der Waals surface area (Å²) in [5, 5.41) is 2.48. The van der Waals surface area contributed by atoms with Gasteiger partial charge >= 0.3 is 0 Å². The number of nitrogens with zero attached hydrogens (tertiary/aromatic N) is 4. The van der Waals surface area contributed by atoms with E-state index in [-0.39, 0.29) is 6.04 Å². The van der Waals surface area contributed by atoms with E-state index in [9.17, 15) is 0 Å². The van der Waals surface area contributed by atoms with Crippen LogP contribution < -0.4 is 4.90 Å². The van der Waals surface area contributed by atoms with Gasteiger partial charge in [0.15, 0.2) is 5.82 Å². The van der Waals surface area contributed by atoms with Crippen molar-refractivity contribution in [2.75, 3.05) is 4.90 Å². The van der Waals surface area contributed by atoms with Crippen molar-refractivity contribution in [2.45, 2.75) is 33.7 Å². The fraction of sp³-hybridized carbons (Fsp3) is 0.0980. The van der Waals surface area contributed by atoms with Gasteiger partial charge in [0.1, 0.15) is 0 Å². The van der Waals surface area contributed by atoms with Gasteiger partial charge in [-0.2, -0.15) is 0 Å². The van der Waals surface area contributed by atoms with Crippen molar-refractivity contribution in [3.05, 3.63) is 187 Å². The Hall–Kier alpha value is -6.78. The molecule has 0 radical (unpaired) electrons. The molecule has 0 saturated carbocycles. The molecule has 0 spiro atoms. The molecule has 0 bridgehead atoms. The Kier molecular flexibility index (Phi) is 8.80. The number of hydrogen-bond donors (Lipinski definition) is 0. The van der Waals surface area contributed by atoms with Gasteiger partial charge in [-0.05, 0) is 75.7 Å². The second kappa shape index (κ2) is 14.2. The van der Waals surface area contributed by atoms with Gasteiger partial charge in [0, 0.05) is 50.3 Å². The summed E-state index contributed by atoms with van der Waals surface area (Å²) in [6, 6.07) is 62.8. The molecule has 2 aromatic heterocycles. The molecule has 0 unspecified atom stereocenters. The topological polar surface area (TPSA) is 34.0 Å². The van der Waals surface area contributed by atoms with Crippen LogP contribution in [-0.4, -0.2) is 20.6 Å². The largest absolute Gasteiger partial charge is 0.338 e. The SMILES string of the molecule is Cc1ccc2c(c1)c1ccccc1n2-c1ccccc1-c1c(-c2nc(-c3ccccc3)cc(-c3ccccc3)n2)cccc1N(c1ccccc1C)C(C)C. The number of fused-ring (bicyclic) bond motifs is 3. The summed E-state index contributed by atoms with van der Waals surface area (Å²) in [5.41, 5.74) is 15.2. The Morgan fingerprint density at radius 3 is 1.78 bits per heavy atom. The highest BCUT2D eigenvalue weighted by molar-refractivity contribution is 6.10.